The van der Waals surface area contributed by atoms with Gasteiger partial charge in [0, 0.05) is 12.6 Å². The molecular weight excluding hydrogens is 210 g/mol. The van der Waals surface area contributed by atoms with Gasteiger partial charge in [0.25, 0.3) is 0 Å². The molecule has 0 aromatic carbocycles. The van der Waals surface area contributed by atoms with Crippen LogP contribution in [-0.4, -0.2) is 43.7 Å². The summed E-state index contributed by atoms with van der Waals surface area (Å²) in [5.41, 5.74) is 6.00. The third kappa shape index (κ3) is 10.7. The van der Waals surface area contributed by atoms with E-state index in [1.807, 2.05) is 0 Å². The molecule has 1 atom stereocenters. The van der Waals surface area contributed by atoms with Gasteiger partial charge in [0.2, 0.25) is 0 Å². The van der Waals surface area contributed by atoms with Crippen molar-refractivity contribution >= 4 is 0 Å². The van der Waals surface area contributed by atoms with Gasteiger partial charge in [0.15, 0.2) is 0 Å². The topological polar surface area (TPSA) is 41.3 Å². The number of hydrogen-bond donors (Lipinski definition) is 2. The Kier molecular flexibility index (Phi) is 12.3. The minimum Gasteiger partial charge on any atom is -0.327 e. The second kappa shape index (κ2) is 12.3. The third-order valence-electron chi connectivity index (χ3n) is 3.31. The Labute approximate surface area is 108 Å². The largest absolute Gasteiger partial charge is 0.327 e. The Morgan fingerprint density at radius 2 is 1.76 bits per heavy atom. The third-order valence-corrected chi connectivity index (χ3v) is 3.31. The van der Waals surface area contributed by atoms with E-state index in [2.05, 4.69) is 31.0 Å². The molecule has 0 aliphatic rings. The van der Waals surface area contributed by atoms with Crippen molar-refractivity contribution < 1.29 is 0 Å². The van der Waals surface area contributed by atoms with Crippen LogP contribution in [0.5, 0.6) is 0 Å². The van der Waals surface area contributed by atoms with Gasteiger partial charge in [-0.1, -0.05) is 33.6 Å². The Bertz CT molecular complexity index is 146. The van der Waals surface area contributed by atoms with Gasteiger partial charge in [-0.25, -0.2) is 0 Å². The highest BCUT2D eigenvalue weighted by molar-refractivity contribution is 4.64. The summed E-state index contributed by atoms with van der Waals surface area (Å²) in [7, 11) is 0. The van der Waals surface area contributed by atoms with E-state index in [0.717, 1.165) is 19.5 Å². The van der Waals surface area contributed by atoms with E-state index in [1.54, 1.807) is 0 Å². The van der Waals surface area contributed by atoms with E-state index in [4.69, 9.17) is 5.73 Å². The fourth-order valence-corrected chi connectivity index (χ4v) is 1.98. The maximum Gasteiger partial charge on any atom is 0.0165 e. The number of nitrogens with one attached hydrogen (secondary N) is 1. The summed E-state index contributed by atoms with van der Waals surface area (Å²) < 4.78 is 0. The molecule has 0 bridgehead atoms. The molecule has 0 rings (SSSR count). The highest BCUT2D eigenvalue weighted by Crippen LogP contribution is 1.97. The number of nitrogens with zero attached hydrogens (tertiary/aromatic N) is 1. The first kappa shape index (κ1) is 16.9. The van der Waals surface area contributed by atoms with Gasteiger partial charge in [0.05, 0.1) is 0 Å². The average molecular weight is 243 g/mol. The lowest BCUT2D eigenvalue weighted by Gasteiger charge is -2.17. The van der Waals surface area contributed by atoms with Gasteiger partial charge in [0.1, 0.15) is 0 Å². The lowest BCUT2D eigenvalue weighted by atomic mass is 10.1. The van der Waals surface area contributed by atoms with Crippen molar-refractivity contribution in [2.45, 2.75) is 58.9 Å². The molecule has 3 heteroatoms. The monoisotopic (exact) mass is 243 g/mol. The van der Waals surface area contributed by atoms with Crippen molar-refractivity contribution in [1.82, 2.24) is 10.2 Å². The van der Waals surface area contributed by atoms with Crippen LogP contribution in [0.15, 0.2) is 0 Å². The lowest BCUT2D eigenvalue weighted by molar-refractivity contribution is 0.296. The predicted octanol–water partition coefficient (Wildman–Crippen LogP) is 2.22. The molecule has 3 N–H and O–H groups in total. The molecule has 0 spiro atoms. The molecule has 17 heavy (non-hydrogen) atoms. The summed E-state index contributed by atoms with van der Waals surface area (Å²) in [6.45, 7) is 12.3. The summed E-state index contributed by atoms with van der Waals surface area (Å²) in [5.74, 6) is 0. The molecule has 0 saturated carbocycles. The van der Waals surface area contributed by atoms with E-state index >= 15 is 0 Å². The van der Waals surface area contributed by atoms with E-state index < -0.39 is 0 Å². The van der Waals surface area contributed by atoms with E-state index in [0.29, 0.717) is 6.04 Å². The molecule has 0 amide bonds. The van der Waals surface area contributed by atoms with Crippen molar-refractivity contribution in [2.24, 2.45) is 5.73 Å². The van der Waals surface area contributed by atoms with Crippen molar-refractivity contribution in [3.63, 3.8) is 0 Å². The zero-order valence-corrected chi connectivity index (χ0v) is 12.2. The van der Waals surface area contributed by atoms with E-state index in [9.17, 15) is 0 Å². The fourth-order valence-electron chi connectivity index (χ4n) is 1.98. The maximum absolute atomic E-state index is 6.00. The first-order valence-electron chi connectivity index (χ1n) is 7.43. The average Bonchev–Trinajstić information content (AvgIpc) is 2.35. The standard InChI is InChI=1S/C14H33N3/c1-4-7-10-14(15)13-16-11-8-9-12-17(5-2)6-3/h14,16H,4-13,15H2,1-3H3. The van der Waals surface area contributed by atoms with Crippen LogP contribution >= 0.6 is 0 Å². The van der Waals surface area contributed by atoms with Gasteiger partial charge in [-0.3, -0.25) is 0 Å². The van der Waals surface area contributed by atoms with E-state index in [-0.39, 0.29) is 0 Å². The first-order chi connectivity index (χ1) is 8.24. The summed E-state index contributed by atoms with van der Waals surface area (Å²) in [6, 6.07) is 0.345. The van der Waals surface area contributed by atoms with Crippen LogP contribution in [0.2, 0.25) is 0 Å². The molecule has 1 unspecified atom stereocenters. The second-order valence-electron chi connectivity index (χ2n) is 4.84. The Morgan fingerprint density at radius 3 is 2.35 bits per heavy atom. The van der Waals surface area contributed by atoms with Gasteiger partial charge >= 0.3 is 0 Å². The van der Waals surface area contributed by atoms with Gasteiger partial charge in [-0.2, -0.15) is 0 Å². The van der Waals surface area contributed by atoms with Crippen LogP contribution in [0.25, 0.3) is 0 Å². The lowest BCUT2D eigenvalue weighted by Crippen LogP contribution is -2.34. The van der Waals surface area contributed by atoms with Crippen molar-refractivity contribution in [3.8, 4) is 0 Å². The Morgan fingerprint density at radius 1 is 1.06 bits per heavy atom. The zero-order chi connectivity index (χ0) is 12.9. The zero-order valence-electron chi connectivity index (χ0n) is 12.2. The minimum absolute atomic E-state index is 0.345. The molecule has 3 nitrogen and oxygen atoms in total. The van der Waals surface area contributed by atoms with Crippen LogP contribution < -0.4 is 11.1 Å². The van der Waals surface area contributed by atoms with Crippen LogP contribution in [0.3, 0.4) is 0 Å². The second-order valence-corrected chi connectivity index (χ2v) is 4.84. The van der Waals surface area contributed by atoms with Crippen molar-refractivity contribution in [2.75, 3.05) is 32.7 Å². The Balaban J connectivity index is 3.22. The molecule has 0 aliphatic heterocycles. The summed E-state index contributed by atoms with van der Waals surface area (Å²) in [4.78, 5) is 2.48. The molecule has 0 aliphatic carbocycles. The van der Waals surface area contributed by atoms with Gasteiger partial charge in [-0.05, 0) is 45.4 Å². The minimum atomic E-state index is 0.345. The highest BCUT2D eigenvalue weighted by atomic mass is 15.1. The molecule has 0 radical (unpaired) electrons. The summed E-state index contributed by atoms with van der Waals surface area (Å²) >= 11 is 0. The number of hydrogen-bond acceptors (Lipinski definition) is 3. The van der Waals surface area contributed by atoms with E-state index in [1.165, 1.54) is 45.3 Å². The van der Waals surface area contributed by atoms with Crippen LogP contribution in [-0.2, 0) is 0 Å². The Hall–Kier alpha value is -0.120. The predicted molar refractivity (Wildman–Crippen MR) is 77.4 cm³/mol. The normalized spacial score (nSPS) is 13.2. The molecule has 0 heterocycles. The van der Waals surface area contributed by atoms with Crippen LogP contribution in [0.1, 0.15) is 52.9 Å². The maximum atomic E-state index is 6.00. The highest BCUT2D eigenvalue weighted by Gasteiger charge is 2.01. The molecule has 0 fully saturated rings. The quantitative estimate of drug-likeness (QED) is 0.516. The smallest absolute Gasteiger partial charge is 0.0165 e. The number of rotatable bonds is 12. The SMILES string of the molecule is CCCCC(N)CNCCCCN(CC)CC. The van der Waals surface area contributed by atoms with Crippen LogP contribution in [0.4, 0.5) is 0 Å². The fraction of sp³-hybridized carbons (Fsp3) is 1.00. The molecule has 0 saturated heterocycles. The van der Waals surface area contributed by atoms with Crippen molar-refractivity contribution in [3.05, 3.63) is 0 Å². The summed E-state index contributed by atoms with van der Waals surface area (Å²) in [5, 5.41) is 3.46. The van der Waals surface area contributed by atoms with Gasteiger partial charge in [-0.15, -0.1) is 0 Å². The van der Waals surface area contributed by atoms with Crippen LogP contribution in [0, 0.1) is 0 Å². The summed E-state index contributed by atoms with van der Waals surface area (Å²) in [6.07, 6.45) is 6.21. The first-order valence-corrected chi connectivity index (χ1v) is 7.43. The van der Waals surface area contributed by atoms with Crippen molar-refractivity contribution in [1.29, 1.82) is 0 Å². The molecule has 0 aromatic rings. The van der Waals surface area contributed by atoms with Gasteiger partial charge < -0.3 is 16.0 Å². The molecule has 0 aromatic heterocycles. The molecule has 104 valence electrons. The molecular formula is C14H33N3. The number of unbranched alkanes of at least 4 members (excludes halogenated alkanes) is 2. The number of nitrogens with two attached hydrogens (primary N) is 1.